The van der Waals surface area contributed by atoms with Crippen molar-refractivity contribution in [3.8, 4) is 0 Å². The van der Waals surface area contributed by atoms with Gasteiger partial charge in [0.25, 0.3) is 0 Å². The molecule has 0 fully saturated rings. The van der Waals surface area contributed by atoms with Crippen LogP contribution < -0.4 is 0 Å². The van der Waals surface area contributed by atoms with Gasteiger partial charge in [0, 0.05) is 7.11 Å². The highest BCUT2D eigenvalue weighted by atomic mass is 79.9. The van der Waals surface area contributed by atoms with Crippen molar-refractivity contribution in [3.63, 3.8) is 0 Å². The number of hydrogen-bond acceptors (Lipinski definition) is 3. The van der Waals surface area contributed by atoms with E-state index in [0.29, 0.717) is 10.4 Å². The normalized spacial score (nSPS) is 13.3. The van der Waals surface area contributed by atoms with E-state index in [0.717, 1.165) is 4.47 Å². The Morgan fingerprint density at radius 1 is 1.67 bits per heavy atom. The standard InChI is InChI=1S/C7H8Br2O3/c1-11-3-5(10)6-2-4(8)7(9)12-6/h2,5,10H,3H2,1H3. The molecule has 0 saturated carbocycles. The molecule has 12 heavy (non-hydrogen) atoms. The average molecular weight is 300 g/mol. The Balaban J connectivity index is 2.74. The summed E-state index contributed by atoms with van der Waals surface area (Å²) in [4.78, 5) is 0. The van der Waals surface area contributed by atoms with Crippen molar-refractivity contribution in [2.45, 2.75) is 6.10 Å². The summed E-state index contributed by atoms with van der Waals surface area (Å²) in [5.74, 6) is 0.482. The molecule has 0 bridgehead atoms. The molecular formula is C7H8Br2O3. The minimum atomic E-state index is -0.711. The zero-order valence-electron chi connectivity index (χ0n) is 6.38. The predicted molar refractivity (Wildman–Crippen MR) is 50.9 cm³/mol. The van der Waals surface area contributed by atoms with E-state index in [1.165, 1.54) is 7.11 Å². The van der Waals surface area contributed by atoms with Gasteiger partial charge >= 0.3 is 0 Å². The van der Waals surface area contributed by atoms with Gasteiger partial charge in [0.15, 0.2) is 4.67 Å². The Morgan fingerprint density at radius 3 is 2.75 bits per heavy atom. The van der Waals surface area contributed by atoms with E-state index in [2.05, 4.69) is 31.9 Å². The van der Waals surface area contributed by atoms with Crippen LogP contribution in [0.25, 0.3) is 0 Å². The summed E-state index contributed by atoms with van der Waals surface area (Å²) >= 11 is 6.41. The summed E-state index contributed by atoms with van der Waals surface area (Å²) in [6.07, 6.45) is -0.711. The first-order chi connectivity index (χ1) is 5.65. The molecule has 0 aliphatic heterocycles. The van der Waals surface area contributed by atoms with E-state index >= 15 is 0 Å². The number of ether oxygens (including phenoxy) is 1. The molecule has 0 aliphatic rings. The monoisotopic (exact) mass is 298 g/mol. The maximum absolute atomic E-state index is 9.40. The van der Waals surface area contributed by atoms with Crippen LogP contribution in [0.1, 0.15) is 11.9 Å². The second-order valence-electron chi connectivity index (χ2n) is 2.24. The molecule has 0 spiro atoms. The van der Waals surface area contributed by atoms with Crippen LogP contribution >= 0.6 is 31.9 Å². The topological polar surface area (TPSA) is 42.6 Å². The van der Waals surface area contributed by atoms with Crippen LogP contribution in [0.2, 0.25) is 0 Å². The zero-order chi connectivity index (χ0) is 9.14. The fourth-order valence-electron chi connectivity index (χ4n) is 0.768. The minimum absolute atomic E-state index is 0.229. The van der Waals surface area contributed by atoms with Gasteiger partial charge in [-0.25, -0.2) is 0 Å². The molecule has 1 rings (SSSR count). The lowest BCUT2D eigenvalue weighted by Gasteiger charge is -2.04. The first kappa shape index (κ1) is 10.2. The van der Waals surface area contributed by atoms with Crippen LogP contribution in [-0.2, 0) is 4.74 Å². The molecule has 0 aliphatic carbocycles. The van der Waals surface area contributed by atoms with Gasteiger partial charge in [0.05, 0.1) is 11.1 Å². The molecular weight excluding hydrogens is 292 g/mol. The fraction of sp³-hybridized carbons (Fsp3) is 0.429. The third-order valence-corrected chi connectivity index (χ3v) is 3.03. The quantitative estimate of drug-likeness (QED) is 0.932. The van der Waals surface area contributed by atoms with Crippen LogP contribution in [0.3, 0.4) is 0 Å². The van der Waals surface area contributed by atoms with Crippen molar-refractivity contribution in [2.75, 3.05) is 13.7 Å². The lowest BCUT2D eigenvalue weighted by atomic mass is 10.3. The van der Waals surface area contributed by atoms with Gasteiger partial charge in [0.1, 0.15) is 11.9 Å². The highest BCUT2D eigenvalue weighted by Gasteiger charge is 2.14. The molecule has 0 aromatic carbocycles. The number of aliphatic hydroxyl groups excluding tert-OH is 1. The van der Waals surface area contributed by atoms with Crippen molar-refractivity contribution < 1.29 is 14.3 Å². The van der Waals surface area contributed by atoms with Crippen molar-refractivity contribution in [2.24, 2.45) is 0 Å². The van der Waals surface area contributed by atoms with Gasteiger partial charge in [-0.2, -0.15) is 0 Å². The summed E-state index contributed by atoms with van der Waals surface area (Å²) < 4.78 is 11.3. The summed E-state index contributed by atoms with van der Waals surface area (Å²) in [7, 11) is 1.52. The largest absolute Gasteiger partial charge is 0.450 e. The average Bonchev–Trinajstić information content (AvgIpc) is 2.33. The third-order valence-electron chi connectivity index (χ3n) is 1.32. The predicted octanol–water partition coefficient (Wildman–Crippen LogP) is 2.48. The van der Waals surface area contributed by atoms with Crippen molar-refractivity contribution >= 4 is 31.9 Å². The lowest BCUT2D eigenvalue weighted by molar-refractivity contribution is 0.0497. The third kappa shape index (κ3) is 2.32. The number of furan rings is 1. The summed E-state index contributed by atoms with van der Waals surface area (Å²) in [5.41, 5.74) is 0. The number of aliphatic hydroxyl groups is 1. The molecule has 1 N–H and O–H groups in total. The van der Waals surface area contributed by atoms with Gasteiger partial charge in [-0.05, 0) is 37.9 Å². The Bertz CT molecular complexity index is 240. The van der Waals surface area contributed by atoms with Gasteiger partial charge in [0.2, 0.25) is 0 Å². The number of methoxy groups -OCH3 is 1. The fourth-order valence-corrected chi connectivity index (χ4v) is 1.38. The highest BCUT2D eigenvalue weighted by Crippen LogP contribution is 2.29. The molecule has 0 saturated heterocycles. The van der Waals surface area contributed by atoms with E-state index in [4.69, 9.17) is 9.15 Å². The highest BCUT2D eigenvalue weighted by molar-refractivity contribution is 9.13. The minimum Gasteiger partial charge on any atom is -0.450 e. The Morgan fingerprint density at radius 2 is 2.33 bits per heavy atom. The van der Waals surface area contributed by atoms with Crippen LogP contribution in [0.5, 0.6) is 0 Å². The smallest absolute Gasteiger partial charge is 0.183 e. The number of halogens is 2. The zero-order valence-corrected chi connectivity index (χ0v) is 9.55. The Hall–Kier alpha value is 0.160. The molecule has 1 atom stereocenters. The molecule has 1 unspecified atom stereocenters. The summed E-state index contributed by atoms with van der Waals surface area (Å²) in [6.45, 7) is 0.229. The summed E-state index contributed by atoms with van der Waals surface area (Å²) in [5, 5.41) is 9.40. The molecule has 68 valence electrons. The van der Waals surface area contributed by atoms with Crippen molar-refractivity contribution in [1.82, 2.24) is 0 Å². The van der Waals surface area contributed by atoms with Crippen LogP contribution in [-0.4, -0.2) is 18.8 Å². The second-order valence-corrected chi connectivity index (χ2v) is 3.82. The molecule has 1 aromatic rings. The first-order valence-corrected chi connectivity index (χ1v) is 4.85. The number of hydrogen-bond donors (Lipinski definition) is 1. The van der Waals surface area contributed by atoms with E-state index in [9.17, 15) is 5.11 Å². The maximum Gasteiger partial charge on any atom is 0.183 e. The molecule has 5 heteroatoms. The maximum atomic E-state index is 9.40. The molecule has 1 heterocycles. The van der Waals surface area contributed by atoms with Gasteiger partial charge in [-0.15, -0.1) is 0 Å². The van der Waals surface area contributed by atoms with Crippen LogP contribution in [0, 0.1) is 0 Å². The SMILES string of the molecule is COCC(O)c1cc(Br)c(Br)o1. The molecule has 3 nitrogen and oxygen atoms in total. The van der Waals surface area contributed by atoms with Gasteiger partial charge in [-0.1, -0.05) is 0 Å². The van der Waals surface area contributed by atoms with Crippen molar-refractivity contribution in [1.29, 1.82) is 0 Å². The molecule has 1 aromatic heterocycles. The summed E-state index contributed by atoms with van der Waals surface area (Å²) in [6, 6.07) is 1.70. The molecule has 0 amide bonds. The van der Waals surface area contributed by atoms with Crippen LogP contribution in [0.15, 0.2) is 19.6 Å². The van der Waals surface area contributed by atoms with E-state index in [1.54, 1.807) is 6.07 Å². The lowest BCUT2D eigenvalue weighted by Crippen LogP contribution is -2.03. The number of rotatable bonds is 3. The first-order valence-electron chi connectivity index (χ1n) is 3.27. The second kappa shape index (κ2) is 4.41. The van der Waals surface area contributed by atoms with Gasteiger partial charge in [-0.3, -0.25) is 0 Å². The van der Waals surface area contributed by atoms with Crippen LogP contribution in [0.4, 0.5) is 0 Å². The molecule has 0 radical (unpaired) electrons. The van der Waals surface area contributed by atoms with E-state index in [1.807, 2.05) is 0 Å². The van der Waals surface area contributed by atoms with E-state index < -0.39 is 6.10 Å². The van der Waals surface area contributed by atoms with E-state index in [-0.39, 0.29) is 6.61 Å². The van der Waals surface area contributed by atoms with Gasteiger partial charge < -0.3 is 14.3 Å². The Kier molecular flexibility index (Phi) is 3.77. The Labute approximate surface area is 87.0 Å². The van der Waals surface area contributed by atoms with Crippen molar-refractivity contribution in [3.05, 3.63) is 21.0 Å².